The first-order valence-corrected chi connectivity index (χ1v) is 12.8. The molecule has 1 amide bonds. The van der Waals surface area contributed by atoms with Crippen molar-refractivity contribution in [2.24, 2.45) is 0 Å². The van der Waals surface area contributed by atoms with E-state index in [1.165, 1.54) is 6.07 Å². The third-order valence-corrected chi connectivity index (χ3v) is 8.21. The van der Waals surface area contributed by atoms with Crippen molar-refractivity contribution in [2.45, 2.75) is 63.8 Å². The minimum atomic E-state index is -3.63. The van der Waals surface area contributed by atoms with Crippen LogP contribution in [0.1, 0.15) is 72.1 Å². The van der Waals surface area contributed by atoms with Gasteiger partial charge in [-0.05, 0) is 68.0 Å². The number of ether oxygens (including phenoxy) is 1. The predicted octanol–water partition coefficient (Wildman–Crippen LogP) is 4.76. The Labute approximate surface area is 192 Å². The molecule has 32 heavy (non-hydrogen) atoms. The molecular weight excluding hydrogens is 424 g/mol. The van der Waals surface area contributed by atoms with Crippen LogP contribution in [0.25, 0.3) is 0 Å². The molecule has 7 heteroatoms. The quantitative estimate of drug-likeness (QED) is 0.649. The number of rotatable bonds is 7. The van der Waals surface area contributed by atoms with E-state index in [0.29, 0.717) is 30.6 Å². The van der Waals surface area contributed by atoms with Crippen LogP contribution in [0.15, 0.2) is 41.3 Å². The van der Waals surface area contributed by atoms with Crippen molar-refractivity contribution >= 4 is 15.9 Å². The monoisotopic (exact) mass is 458 g/mol. The molecule has 2 aromatic rings. The van der Waals surface area contributed by atoms with Crippen LogP contribution in [0, 0.1) is 13.8 Å². The first kappa shape index (κ1) is 24.3. The van der Waals surface area contributed by atoms with Crippen LogP contribution >= 0.6 is 0 Å². The summed E-state index contributed by atoms with van der Waals surface area (Å²) >= 11 is 0. The second kappa shape index (κ2) is 10.5. The lowest BCUT2D eigenvalue weighted by atomic mass is 10.0. The highest BCUT2D eigenvalue weighted by Crippen LogP contribution is 2.26. The number of benzene rings is 2. The fraction of sp³-hybridized carbons (Fsp3) is 0.480. The minimum absolute atomic E-state index is 0.181. The van der Waals surface area contributed by atoms with Crippen LogP contribution in [0.3, 0.4) is 0 Å². The van der Waals surface area contributed by atoms with Crippen molar-refractivity contribution in [3.63, 3.8) is 0 Å². The molecule has 174 valence electrons. The fourth-order valence-corrected chi connectivity index (χ4v) is 5.99. The highest BCUT2D eigenvalue weighted by atomic mass is 32.2. The summed E-state index contributed by atoms with van der Waals surface area (Å²) in [6.07, 6.45) is 4.56. The molecule has 0 aromatic heterocycles. The van der Waals surface area contributed by atoms with Crippen molar-refractivity contribution in [3.8, 4) is 5.75 Å². The Hall–Kier alpha value is -2.38. The first-order valence-electron chi connectivity index (χ1n) is 11.3. The highest BCUT2D eigenvalue weighted by molar-refractivity contribution is 7.89. The lowest BCUT2D eigenvalue weighted by molar-refractivity contribution is 0.0935. The first-order chi connectivity index (χ1) is 15.3. The Kier molecular flexibility index (Phi) is 7.96. The van der Waals surface area contributed by atoms with Gasteiger partial charge in [-0.2, -0.15) is 4.31 Å². The van der Waals surface area contributed by atoms with Gasteiger partial charge < -0.3 is 10.1 Å². The van der Waals surface area contributed by atoms with E-state index >= 15 is 0 Å². The van der Waals surface area contributed by atoms with Gasteiger partial charge in [-0.15, -0.1) is 0 Å². The Morgan fingerprint density at radius 1 is 1.03 bits per heavy atom. The molecule has 0 unspecified atom stereocenters. The summed E-state index contributed by atoms with van der Waals surface area (Å²) in [6.45, 7) is 6.83. The zero-order valence-corrected chi connectivity index (χ0v) is 20.3. The standard InChI is InChI=1S/C25H34N2O4S/c1-5-22(20-12-13-23(31-4)19(3)16-20)26-25(28)21-11-10-18(2)24(17-21)32(29,30)27-14-8-6-7-9-15-27/h10-13,16-17,22H,5-9,14-15H2,1-4H3,(H,26,28)/t22-/m1/s1. The number of carbonyl (C=O) groups is 1. The highest BCUT2D eigenvalue weighted by Gasteiger charge is 2.27. The van der Waals surface area contributed by atoms with Crippen LogP contribution in [-0.2, 0) is 10.0 Å². The number of hydrogen-bond acceptors (Lipinski definition) is 4. The molecule has 1 saturated heterocycles. The maximum atomic E-state index is 13.3. The molecule has 0 spiro atoms. The van der Waals surface area contributed by atoms with Gasteiger partial charge in [0.25, 0.3) is 5.91 Å². The van der Waals surface area contributed by atoms with E-state index < -0.39 is 10.0 Å². The topological polar surface area (TPSA) is 75.7 Å². The third kappa shape index (κ3) is 5.33. The van der Waals surface area contributed by atoms with E-state index in [-0.39, 0.29) is 16.8 Å². The van der Waals surface area contributed by atoms with Gasteiger partial charge >= 0.3 is 0 Å². The van der Waals surface area contributed by atoms with Gasteiger partial charge in [0.05, 0.1) is 18.0 Å². The number of nitrogens with one attached hydrogen (secondary N) is 1. The maximum absolute atomic E-state index is 13.3. The normalized spacial score (nSPS) is 16.2. The van der Waals surface area contributed by atoms with Gasteiger partial charge in [0.15, 0.2) is 0 Å². The summed E-state index contributed by atoms with van der Waals surface area (Å²) in [5.41, 5.74) is 3.00. The molecular formula is C25H34N2O4S. The number of carbonyl (C=O) groups excluding carboxylic acids is 1. The van der Waals surface area contributed by atoms with Crippen LogP contribution in [0.5, 0.6) is 5.75 Å². The van der Waals surface area contributed by atoms with Crippen molar-refractivity contribution in [2.75, 3.05) is 20.2 Å². The number of sulfonamides is 1. The third-order valence-electron chi connectivity index (χ3n) is 6.17. The van der Waals surface area contributed by atoms with Gasteiger partial charge in [-0.25, -0.2) is 8.42 Å². The minimum Gasteiger partial charge on any atom is -0.496 e. The maximum Gasteiger partial charge on any atom is 0.251 e. The molecule has 6 nitrogen and oxygen atoms in total. The number of hydrogen-bond donors (Lipinski definition) is 1. The second-order valence-electron chi connectivity index (χ2n) is 8.46. The molecule has 1 heterocycles. The molecule has 1 aliphatic heterocycles. The van der Waals surface area contributed by atoms with Crippen molar-refractivity contribution in [3.05, 3.63) is 58.7 Å². The van der Waals surface area contributed by atoms with Crippen molar-refractivity contribution < 1.29 is 17.9 Å². The zero-order chi connectivity index (χ0) is 23.3. The van der Waals surface area contributed by atoms with E-state index in [1.54, 1.807) is 30.5 Å². The van der Waals surface area contributed by atoms with E-state index in [2.05, 4.69) is 5.32 Å². The van der Waals surface area contributed by atoms with Crippen LogP contribution < -0.4 is 10.1 Å². The smallest absolute Gasteiger partial charge is 0.251 e. The number of aryl methyl sites for hydroxylation is 2. The SMILES string of the molecule is CC[C@@H](NC(=O)c1ccc(C)c(S(=O)(=O)N2CCCCCC2)c1)c1ccc(OC)c(C)c1. The summed E-state index contributed by atoms with van der Waals surface area (Å²) in [5.74, 6) is 0.523. The molecule has 2 aromatic carbocycles. The Balaban J connectivity index is 1.84. The van der Waals surface area contributed by atoms with E-state index in [4.69, 9.17) is 4.74 Å². The largest absolute Gasteiger partial charge is 0.496 e. The zero-order valence-electron chi connectivity index (χ0n) is 19.5. The van der Waals surface area contributed by atoms with Gasteiger partial charge in [0.1, 0.15) is 5.75 Å². The van der Waals surface area contributed by atoms with Gasteiger partial charge in [-0.1, -0.05) is 38.0 Å². The summed E-state index contributed by atoms with van der Waals surface area (Å²) in [6, 6.07) is 10.6. The lowest BCUT2D eigenvalue weighted by Crippen LogP contribution is -2.33. The lowest BCUT2D eigenvalue weighted by Gasteiger charge is -2.22. The van der Waals surface area contributed by atoms with Crippen LogP contribution in [0.4, 0.5) is 0 Å². The Morgan fingerprint density at radius 3 is 2.31 bits per heavy atom. The molecule has 1 aliphatic rings. The summed E-state index contributed by atoms with van der Waals surface area (Å²) in [7, 11) is -2.00. The molecule has 0 bridgehead atoms. The molecule has 0 radical (unpaired) electrons. The van der Waals surface area contributed by atoms with Crippen LogP contribution in [-0.4, -0.2) is 38.8 Å². The molecule has 1 atom stereocenters. The number of amides is 1. The molecule has 1 fully saturated rings. The number of nitrogens with zero attached hydrogens (tertiary/aromatic N) is 1. The fourth-order valence-electron chi connectivity index (χ4n) is 4.22. The number of methoxy groups -OCH3 is 1. The summed E-state index contributed by atoms with van der Waals surface area (Å²) < 4.78 is 33.5. The predicted molar refractivity (Wildman–Crippen MR) is 127 cm³/mol. The van der Waals surface area contributed by atoms with Gasteiger partial charge in [0.2, 0.25) is 10.0 Å². The Morgan fingerprint density at radius 2 is 1.72 bits per heavy atom. The average Bonchev–Trinajstić information content (AvgIpc) is 3.07. The second-order valence-corrected chi connectivity index (χ2v) is 10.4. The van der Waals surface area contributed by atoms with Gasteiger partial charge in [-0.3, -0.25) is 4.79 Å². The van der Waals surface area contributed by atoms with Crippen molar-refractivity contribution in [1.29, 1.82) is 0 Å². The average molecular weight is 459 g/mol. The van der Waals surface area contributed by atoms with E-state index in [0.717, 1.165) is 42.6 Å². The van der Waals surface area contributed by atoms with E-state index in [9.17, 15) is 13.2 Å². The summed E-state index contributed by atoms with van der Waals surface area (Å²) in [5, 5.41) is 3.06. The summed E-state index contributed by atoms with van der Waals surface area (Å²) in [4.78, 5) is 13.3. The molecule has 0 aliphatic carbocycles. The van der Waals surface area contributed by atoms with E-state index in [1.807, 2.05) is 32.0 Å². The molecule has 1 N–H and O–H groups in total. The van der Waals surface area contributed by atoms with Crippen molar-refractivity contribution in [1.82, 2.24) is 9.62 Å². The molecule has 0 saturated carbocycles. The van der Waals surface area contributed by atoms with Crippen LogP contribution in [0.2, 0.25) is 0 Å². The Bertz CT molecular complexity index is 1060. The molecule has 3 rings (SSSR count). The van der Waals surface area contributed by atoms with Gasteiger partial charge in [0, 0.05) is 18.7 Å².